The molecule has 1 aliphatic heterocycles. The van der Waals surface area contributed by atoms with Gasteiger partial charge in [0.15, 0.2) is 0 Å². The van der Waals surface area contributed by atoms with Gasteiger partial charge in [0.05, 0.1) is 6.54 Å². The van der Waals surface area contributed by atoms with E-state index in [0.29, 0.717) is 0 Å². The van der Waals surface area contributed by atoms with Crippen LogP contribution in [0.2, 0.25) is 0 Å². The van der Waals surface area contributed by atoms with Crippen LogP contribution in [0.3, 0.4) is 0 Å². The summed E-state index contributed by atoms with van der Waals surface area (Å²) in [6, 6.07) is 0. The normalized spacial score (nSPS) is 19.1. The lowest BCUT2D eigenvalue weighted by Crippen LogP contribution is -2.31. The second-order valence-corrected chi connectivity index (χ2v) is 2.39. The Kier molecular flexibility index (Phi) is 2.42. The maximum absolute atomic E-state index is 11.0. The van der Waals surface area contributed by atoms with E-state index in [9.17, 15) is 14.4 Å². The predicted octanol–water partition coefficient (Wildman–Crippen LogP) is -0.344. The molecule has 0 unspecified atom stereocenters. The Morgan fingerprint density at radius 3 is 2.58 bits per heavy atom. The Labute approximate surface area is 69.2 Å². The molecule has 0 atom stereocenters. The fraction of sp³-hybridized carbons (Fsp3) is 0.571. The molecule has 1 amide bonds. The number of amides is 1. The van der Waals surface area contributed by atoms with Crippen molar-refractivity contribution in [1.29, 1.82) is 0 Å². The second kappa shape index (κ2) is 3.34. The molecule has 1 rings (SSSR count). The molecule has 0 aromatic carbocycles. The lowest BCUT2D eigenvalue weighted by molar-refractivity contribution is -0.194. The lowest BCUT2D eigenvalue weighted by Gasteiger charge is -2.14. The number of nitrogens with zero attached hydrogens (tertiary/aromatic N) is 1. The first-order valence-electron chi connectivity index (χ1n) is 3.70. The summed E-state index contributed by atoms with van der Waals surface area (Å²) in [6.45, 7) is 1.94. The monoisotopic (exact) mass is 171 g/mol. The van der Waals surface area contributed by atoms with Gasteiger partial charge < -0.3 is 4.84 Å². The van der Waals surface area contributed by atoms with Crippen molar-refractivity contribution < 1.29 is 19.2 Å². The fourth-order valence-corrected chi connectivity index (χ4v) is 0.890. The van der Waals surface area contributed by atoms with Crippen LogP contribution in [0.1, 0.15) is 19.8 Å². The van der Waals surface area contributed by atoms with Crippen LogP contribution in [0.15, 0.2) is 0 Å². The van der Waals surface area contributed by atoms with E-state index in [1.54, 1.807) is 6.92 Å². The molecule has 12 heavy (non-hydrogen) atoms. The molecule has 0 radical (unpaired) electrons. The summed E-state index contributed by atoms with van der Waals surface area (Å²) < 4.78 is 0. The van der Waals surface area contributed by atoms with Gasteiger partial charge in [-0.05, 0) is 6.92 Å². The zero-order valence-electron chi connectivity index (χ0n) is 6.70. The number of hydrogen-bond donors (Lipinski definition) is 0. The first kappa shape index (κ1) is 8.70. The maximum Gasteiger partial charge on any atom is 0.398 e. The summed E-state index contributed by atoms with van der Waals surface area (Å²) in [4.78, 5) is 37.0. The van der Waals surface area contributed by atoms with Crippen LogP contribution in [0.25, 0.3) is 0 Å². The Morgan fingerprint density at radius 1 is 1.33 bits per heavy atom. The highest BCUT2D eigenvalue weighted by Crippen LogP contribution is 2.06. The first-order valence-corrected chi connectivity index (χ1v) is 3.70. The van der Waals surface area contributed by atoms with Gasteiger partial charge in [0.1, 0.15) is 0 Å². The van der Waals surface area contributed by atoms with Gasteiger partial charge in [-0.25, -0.2) is 4.79 Å². The molecule has 1 fully saturated rings. The van der Waals surface area contributed by atoms with Crippen LogP contribution < -0.4 is 0 Å². The SMILES string of the molecule is CCN1OC(=O)C(=O)CCC1=O. The summed E-state index contributed by atoms with van der Waals surface area (Å²) in [5.74, 6) is -1.90. The van der Waals surface area contributed by atoms with E-state index in [0.717, 1.165) is 5.06 Å². The Hall–Kier alpha value is -1.39. The minimum atomic E-state index is -0.942. The molecule has 0 N–H and O–H groups in total. The molecule has 0 bridgehead atoms. The van der Waals surface area contributed by atoms with E-state index < -0.39 is 11.8 Å². The van der Waals surface area contributed by atoms with E-state index in [4.69, 9.17) is 0 Å². The molecular formula is C7H9NO4. The van der Waals surface area contributed by atoms with Gasteiger partial charge in [0.25, 0.3) is 5.91 Å². The van der Waals surface area contributed by atoms with Crippen LogP contribution in [0.5, 0.6) is 0 Å². The first-order chi connectivity index (χ1) is 5.65. The lowest BCUT2D eigenvalue weighted by atomic mass is 10.2. The van der Waals surface area contributed by atoms with Gasteiger partial charge >= 0.3 is 5.97 Å². The molecule has 5 heteroatoms. The quantitative estimate of drug-likeness (QED) is 0.506. The Balaban J connectivity index is 2.74. The number of ketones is 1. The van der Waals surface area contributed by atoms with E-state index >= 15 is 0 Å². The fourth-order valence-electron chi connectivity index (χ4n) is 0.890. The molecule has 1 aliphatic rings. The highest BCUT2D eigenvalue weighted by molar-refractivity contribution is 6.34. The molecule has 0 aromatic heterocycles. The molecule has 1 heterocycles. The van der Waals surface area contributed by atoms with Crippen molar-refractivity contribution in [3.63, 3.8) is 0 Å². The zero-order chi connectivity index (χ0) is 9.14. The largest absolute Gasteiger partial charge is 0.398 e. The van der Waals surface area contributed by atoms with E-state index in [-0.39, 0.29) is 25.3 Å². The third-order valence-corrected chi connectivity index (χ3v) is 1.55. The minimum Gasteiger partial charge on any atom is -0.330 e. The van der Waals surface area contributed by atoms with Crippen LogP contribution in [0, 0.1) is 0 Å². The van der Waals surface area contributed by atoms with Gasteiger partial charge in [-0.15, -0.1) is 0 Å². The van der Waals surface area contributed by atoms with E-state index in [1.807, 2.05) is 0 Å². The van der Waals surface area contributed by atoms with Gasteiger partial charge in [0, 0.05) is 12.8 Å². The summed E-state index contributed by atoms with van der Waals surface area (Å²) in [5.41, 5.74) is 0. The van der Waals surface area contributed by atoms with Crippen molar-refractivity contribution in [2.24, 2.45) is 0 Å². The third-order valence-electron chi connectivity index (χ3n) is 1.55. The number of carbonyl (C=O) groups is 3. The van der Waals surface area contributed by atoms with Crippen molar-refractivity contribution in [2.75, 3.05) is 6.54 Å². The van der Waals surface area contributed by atoms with Crippen molar-refractivity contribution >= 4 is 17.7 Å². The Bertz CT molecular complexity index is 236. The maximum atomic E-state index is 11.0. The van der Waals surface area contributed by atoms with Crippen LogP contribution >= 0.6 is 0 Å². The van der Waals surface area contributed by atoms with Crippen molar-refractivity contribution in [3.8, 4) is 0 Å². The van der Waals surface area contributed by atoms with E-state index in [2.05, 4.69) is 4.84 Å². The molecule has 0 spiro atoms. The predicted molar refractivity (Wildman–Crippen MR) is 37.7 cm³/mol. The van der Waals surface area contributed by atoms with Gasteiger partial charge in [-0.2, -0.15) is 5.06 Å². The van der Waals surface area contributed by atoms with Crippen molar-refractivity contribution in [1.82, 2.24) is 5.06 Å². The molecule has 0 aliphatic carbocycles. The summed E-state index contributed by atoms with van der Waals surface area (Å²) in [5, 5.41) is 0.910. The Morgan fingerprint density at radius 2 is 2.00 bits per heavy atom. The average molecular weight is 171 g/mol. The van der Waals surface area contributed by atoms with Crippen molar-refractivity contribution in [3.05, 3.63) is 0 Å². The van der Waals surface area contributed by atoms with Crippen molar-refractivity contribution in [2.45, 2.75) is 19.8 Å². The summed E-state index contributed by atoms with van der Waals surface area (Å²) in [6.07, 6.45) is 0.00653. The van der Waals surface area contributed by atoms with Crippen LogP contribution in [-0.4, -0.2) is 29.3 Å². The smallest absolute Gasteiger partial charge is 0.330 e. The number of hydroxylamine groups is 2. The number of rotatable bonds is 1. The summed E-state index contributed by atoms with van der Waals surface area (Å²) in [7, 11) is 0. The minimum absolute atomic E-state index is 0.0475. The molecule has 66 valence electrons. The third kappa shape index (κ3) is 1.61. The second-order valence-electron chi connectivity index (χ2n) is 2.39. The number of Topliss-reactive ketones (excluding diaryl/α,β-unsaturated/α-hetero) is 1. The average Bonchev–Trinajstić information content (AvgIpc) is 2.18. The highest BCUT2D eigenvalue weighted by Gasteiger charge is 2.27. The summed E-state index contributed by atoms with van der Waals surface area (Å²) >= 11 is 0. The van der Waals surface area contributed by atoms with Crippen LogP contribution in [0.4, 0.5) is 0 Å². The van der Waals surface area contributed by atoms with E-state index in [1.165, 1.54) is 0 Å². The highest BCUT2D eigenvalue weighted by atomic mass is 16.7. The molecule has 5 nitrogen and oxygen atoms in total. The molecule has 0 aromatic rings. The molecule has 1 saturated heterocycles. The molecular weight excluding hydrogens is 162 g/mol. The zero-order valence-corrected chi connectivity index (χ0v) is 6.70. The molecule has 0 saturated carbocycles. The van der Waals surface area contributed by atoms with Gasteiger partial charge in [-0.1, -0.05) is 0 Å². The number of hydrogen-bond acceptors (Lipinski definition) is 4. The van der Waals surface area contributed by atoms with Crippen LogP contribution in [-0.2, 0) is 19.2 Å². The number of carbonyl (C=O) groups excluding carboxylic acids is 3. The standard InChI is InChI=1S/C7H9NO4/c1-2-8-6(10)4-3-5(9)7(11)12-8/h2-4H2,1H3. The topological polar surface area (TPSA) is 63.7 Å². The van der Waals surface area contributed by atoms with Gasteiger partial charge in [-0.3, -0.25) is 9.59 Å². The van der Waals surface area contributed by atoms with Gasteiger partial charge in [0.2, 0.25) is 5.78 Å².